The molecule has 0 heterocycles. The van der Waals surface area contributed by atoms with Gasteiger partial charge in [0.2, 0.25) is 0 Å². The molecule has 0 fully saturated rings. The Morgan fingerprint density at radius 2 is 1.63 bits per heavy atom. The lowest BCUT2D eigenvalue weighted by atomic mass is 9.93. The fourth-order valence-corrected chi connectivity index (χ4v) is 2.52. The second kappa shape index (κ2) is 6.39. The van der Waals surface area contributed by atoms with Gasteiger partial charge in [-0.3, -0.25) is 0 Å². The van der Waals surface area contributed by atoms with Gasteiger partial charge >= 0.3 is 0 Å². The average Bonchev–Trinajstić information content (AvgIpc) is 2.49. The Hall–Kier alpha value is -1.80. The van der Waals surface area contributed by atoms with Crippen LogP contribution in [-0.2, 0) is 6.42 Å². The summed E-state index contributed by atoms with van der Waals surface area (Å²) in [6.07, 6.45) is 1.03. The Balaban J connectivity index is 2.50. The average molecular weight is 255 g/mol. The molecule has 0 bridgehead atoms. The topological polar surface area (TPSA) is 21.3 Å². The first-order valence-electron chi connectivity index (χ1n) is 6.69. The van der Waals surface area contributed by atoms with Crippen molar-refractivity contribution in [3.63, 3.8) is 0 Å². The summed E-state index contributed by atoms with van der Waals surface area (Å²) < 4.78 is 5.48. The number of para-hydroxylation sites is 1. The van der Waals surface area contributed by atoms with Gasteiger partial charge in [-0.1, -0.05) is 49.4 Å². The van der Waals surface area contributed by atoms with Crippen LogP contribution < -0.4 is 10.1 Å². The predicted octanol–water partition coefficient (Wildman–Crippen LogP) is 3.57. The highest BCUT2D eigenvalue weighted by atomic mass is 16.5. The Morgan fingerprint density at radius 1 is 1.00 bits per heavy atom. The van der Waals surface area contributed by atoms with E-state index in [2.05, 4.69) is 48.6 Å². The molecule has 0 aliphatic rings. The van der Waals surface area contributed by atoms with E-state index < -0.39 is 0 Å². The van der Waals surface area contributed by atoms with Crippen molar-refractivity contribution in [2.45, 2.75) is 19.4 Å². The molecule has 100 valence electrons. The maximum Gasteiger partial charge on any atom is 0.123 e. The summed E-state index contributed by atoms with van der Waals surface area (Å²) in [5, 5.41) is 3.40. The number of ether oxygens (including phenoxy) is 1. The van der Waals surface area contributed by atoms with Crippen molar-refractivity contribution in [2.75, 3.05) is 14.2 Å². The van der Waals surface area contributed by atoms with E-state index in [1.165, 1.54) is 16.7 Å². The number of methoxy groups -OCH3 is 1. The third-order valence-electron chi connectivity index (χ3n) is 3.49. The Kier molecular flexibility index (Phi) is 4.58. The zero-order valence-corrected chi connectivity index (χ0v) is 11.8. The second-order valence-electron chi connectivity index (χ2n) is 4.52. The highest BCUT2D eigenvalue weighted by molar-refractivity contribution is 5.44. The molecular weight excluding hydrogens is 234 g/mol. The third-order valence-corrected chi connectivity index (χ3v) is 3.49. The Bertz CT molecular complexity index is 489. The Morgan fingerprint density at radius 3 is 2.26 bits per heavy atom. The SMILES string of the molecule is CCc1ccccc1C(NC)c1ccccc1OC. The largest absolute Gasteiger partial charge is 0.496 e. The van der Waals surface area contributed by atoms with E-state index in [-0.39, 0.29) is 6.04 Å². The minimum atomic E-state index is 0.160. The van der Waals surface area contributed by atoms with Crippen molar-refractivity contribution in [2.24, 2.45) is 0 Å². The van der Waals surface area contributed by atoms with Crippen molar-refractivity contribution in [3.8, 4) is 5.75 Å². The number of aryl methyl sites for hydroxylation is 1. The highest BCUT2D eigenvalue weighted by Crippen LogP contribution is 2.31. The Labute approximate surface area is 115 Å². The summed E-state index contributed by atoms with van der Waals surface area (Å²) in [5.41, 5.74) is 3.86. The van der Waals surface area contributed by atoms with E-state index in [1.807, 2.05) is 19.2 Å². The first-order valence-corrected chi connectivity index (χ1v) is 6.69. The van der Waals surface area contributed by atoms with Crippen LogP contribution >= 0.6 is 0 Å². The van der Waals surface area contributed by atoms with E-state index >= 15 is 0 Å². The van der Waals surface area contributed by atoms with Crippen LogP contribution in [0.1, 0.15) is 29.7 Å². The van der Waals surface area contributed by atoms with Crippen molar-refractivity contribution in [3.05, 3.63) is 65.2 Å². The lowest BCUT2D eigenvalue weighted by Crippen LogP contribution is -2.19. The van der Waals surface area contributed by atoms with Crippen LogP contribution in [0.25, 0.3) is 0 Å². The van der Waals surface area contributed by atoms with E-state index in [9.17, 15) is 0 Å². The zero-order chi connectivity index (χ0) is 13.7. The van der Waals surface area contributed by atoms with Gasteiger partial charge in [-0.05, 0) is 30.7 Å². The summed E-state index contributed by atoms with van der Waals surface area (Å²) in [4.78, 5) is 0. The van der Waals surface area contributed by atoms with Crippen LogP contribution in [0, 0.1) is 0 Å². The minimum absolute atomic E-state index is 0.160. The zero-order valence-electron chi connectivity index (χ0n) is 11.8. The molecule has 1 N–H and O–H groups in total. The smallest absolute Gasteiger partial charge is 0.123 e. The molecule has 0 amide bonds. The van der Waals surface area contributed by atoms with Gasteiger partial charge in [0, 0.05) is 5.56 Å². The van der Waals surface area contributed by atoms with Crippen molar-refractivity contribution >= 4 is 0 Å². The van der Waals surface area contributed by atoms with E-state index in [1.54, 1.807) is 7.11 Å². The van der Waals surface area contributed by atoms with Gasteiger partial charge < -0.3 is 10.1 Å². The molecule has 0 saturated heterocycles. The molecule has 0 spiro atoms. The van der Waals surface area contributed by atoms with Crippen molar-refractivity contribution in [1.29, 1.82) is 0 Å². The first kappa shape index (κ1) is 13.6. The molecule has 2 aromatic rings. The van der Waals surface area contributed by atoms with Crippen LogP contribution in [0.5, 0.6) is 5.75 Å². The fourth-order valence-electron chi connectivity index (χ4n) is 2.52. The molecule has 19 heavy (non-hydrogen) atoms. The maximum absolute atomic E-state index is 5.48. The van der Waals surface area contributed by atoms with Gasteiger partial charge in [0.05, 0.1) is 13.2 Å². The van der Waals surface area contributed by atoms with Gasteiger partial charge in [0.25, 0.3) is 0 Å². The summed E-state index contributed by atoms with van der Waals surface area (Å²) in [5.74, 6) is 0.924. The summed E-state index contributed by atoms with van der Waals surface area (Å²) in [6.45, 7) is 2.19. The number of benzene rings is 2. The van der Waals surface area contributed by atoms with Gasteiger partial charge in [0.15, 0.2) is 0 Å². The summed E-state index contributed by atoms with van der Waals surface area (Å²) in [7, 11) is 3.71. The summed E-state index contributed by atoms with van der Waals surface area (Å²) in [6, 6.07) is 16.9. The lowest BCUT2D eigenvalue weighted by Gasteiger charge is -2.22. The molecule has 0 aromatic heterocycles. The van der Waals surface area contributed by atoms with Crippen LogP contribution in [0.4, 0.5) is 0 Å². The van der Waals surface area contributed by atoms with Gasteiger partial charge in [-0.25, -0.2) is 0 Å². The van der Waals surface area contributed by atoms with Crippen LogP contribution in [0.2, 0.25) is 0 Å². The third kappa shape index (κ3) is 2.79. The number of nitrogens with one attached hydrogen (secondary N) is 1. The number of hydrogen-bond acceptors (Lipinski definition) is 2. The molecule has 2 heteroatoms. The van der Waals surface area contributed by atoms with Crippen molar-refractivity contribution in [1.82, 2.24) is 5.32 Å². The number of hydrogen-bond donors (Lipinski definition) is 1. The quantitative estimate of drug-likeness (QED) is 0.882. The van der Waals surface area contributed by atoms with E-state index in [0.29, 0.717) is 0 Å². The number of rotatable bonds is 5. The van der Waals surface area contributed by atoms with E-state index in [0.717, 1.165) is 12.2 Å². The highest BCUT2D eigenvalue weighted by Gasteiger charge is 2.18. The minimum Gasteiger partial charge on any atom is -0.496 e. The maximum atomic E-state index is 5.48. The molecule has 0 radical (unpaired) electrons. The molecule has 1 atom stereocenters. The van der Waals surface area contributed by atoms with Crippen LogP contribution in [0.15, 0.2) is 48.5 Å². The molecular formula is C17H21NO. The van der Waals surface area contributed by atoms with E-state index in [4.69, 9.17) is 4.74 Å². The first-order chi connectivity index (χ1) is 9.31. The summed E-state index contributed by atoms with van der Waals surface area (Å²) >= 11 is 0. The molecule has 2 nitrogen and oxygen atoms in total. The van der Waals surface area contributed by atoms with Crippen molar-refractivity contribution < 1.29 is 4.74 Å². The molecule has 0 aliphatic heterocycles. The molecule has 2 rings (SSSR count). The molecule has 2 aromatic carbocycles. The molecule has 0 saturated carbocycles. The van der Waals surface area contributed by atoms with Gasteiger partial charge in [0.1, 0.15) is 5.75 Å². The lowest BCUT2D eigenvalue weighted by molar-refractivity contribution is 0.405. The van der Waals surface area contributed by atoms with Gasteiger partial charge in [-0.15, -0.1) is 0 Å². The van der Waals surface area contributed by atoms with Crippen LogP contribution in [0.3, 0.4) is 0 Å². The molecule has 0 aliphatic carbocycles. The predicted molar refractivity (Wildman–Crippen MR) is 79.7 cm³/mol. The fraction of sp³-hybridized carbons (Fsp3) is 0.294. The normalized spacial score (nSPS) is 12.2. The van der Waals surface area contributed by atoms with Gasteiger partial charge in [-0.2, -0.15) is 0 Å². The van der Waals surface area contributed by atoms with Crippen LogP contribution in [-0.4, -0.2) is 14.2 Å². The molecule has 1 unspecified atom stereocenters. The monoisotopic (exact) mass is 255 g/mol. The second-order valence-corrected chi connectivity index (χ2v) is 4.52. The standard InChI is InChI=1S/C17H21NO/c1-4-13-9-5-6-10-14(13)17(18-2)15-11-7-8-12-16(15)19-3/h5-12,17-18H,4H2,1-3H3.